The minimum atomic E-state index is -0.361. The van der Waals surface area contributed by atoms with E-state index in [-0.39, 0.29) is 56.7 Å². The monoisotopic (exact) mass is 598 g/mol. The first-order valence-electron chi connectivity index (χ1n) is 14.9. The van der Waals surface area contributed by atoms with Gasteiger partial charge < -0.3 is 18.9 Å². The predicted octanol–water partition coefficient (Wildman–Crippen LogP) is 1.60. The summed E-state index contributed by atoms with van der Waals surface area (Å²) in [6.07, 6.45) is 8.06. The fourth-order valence-corrected chi connectivity index (χ4v) is 4.12. The molecular weight excluding hydrogens is 544 g/mol. The van der Waals surface area contributed by atoms with Crippen LogP contribution in [0.3, 0.4) is 0 Å². The summed E-state index contributed by atoms with van der Waals surface area (Å²) in [5.41, 5.74) is 0.989. The van der Waals surface area contributed by atoms with E-state index in [0.717, 1.165) is 18.4 Å². The summed E-state index contributed by atoms with van der Waals surface area (Å²) >= 11 is 0. The Morgan fingerprint density at radius 1 is 0.571 bits per heavy atom. The van der Waals surface area contributed by atoms with Crippen LogP contribution in [0.25, 0.3) is 0 Å². The number of methoxy groups -OCH3 is 3. The second kappa shape index (κ2) is 24.8. The van der Waals surface area contributed by atoms with Crippen LogP contribution in [-0.2, 0) is 38.1 Å². The molecule has 12 heteroatoms. The van der Waals surface area contributed by atoms with E-state index in [0.29, 0.717) is 52.4 Å². The van der Waals surface area contributed by atoms with Gasteiger partial charge in [0.15, 0.2) is 0 Å². The molecule has 1 aliphatic heterocycles. The third kappa shape index (κ3) is 17.9. The van der Waals surface area contributed by atoms with E-state index in [9.17, 15) is 19.2 Å². The highest BCUT2D eigenvalue weighted by molar-refractivity contribution is 5.73. The maximum absolute atomic E-state index is 12.7. The van der Waals surface area contributed by atoms with E-state index in [4.69, 9.17) is 18.9 Å². The third-order valence-corrected chi connectivity index (χ3v) is 6.50. The molecule has 0 aromatic carbocycles. The highest BCUT2D eigenvalue weighted by Crippen LogP contribution is 2.10. The fraction of sp³-hybridized carbons (Fsp3) is 0.733. The van der Waals surface area contributed by atoms with Gasteiger partial charge in [0.2, 0.25) is 0 Å². The number of hydrogen-bond acceptors (Lipinski definition) is 12. The normalized spacial score (nSPS) is 17.5. The summed E-state index contributed by atoms with van der Waals surface area (Å²) in [6, 6.07) is 0. The molecule has 0 aromatic rings. The highest BCUT2D eigenvalue weighted by atomic mass is 16.5. The number of nitrogens with zero attached hydrogens (tertiary/aromatic N) is 4. The Bertz CT molecular complexity index is 815. The van der Waals surface area contributed by atoms with Crippen molar-refractivity contribution in [1.29, 1.82) is 0 Å². The molecule has 242 valence electrons. The van der Waals surface area contributed by atoms with E-state index in [1.807, 2.05) is 53.4 Å². The molecular formula is C30H54N4O8. The highest BCUT2D eigenvalue weighted by Gasteiger charge is 2.22. The molecule has 0 aromatic heterocycles. The van der Waals surface area contributed by atoms with Crippen molar-refractivity contribution in [3.05, 3.63) is 23.8 Å². The second-order valence-electron chi connectivity index (χ2n) is 9.25. The van der Waals surface area contributed by atoms with Crippen LogP contribution in [-0.4, -0.2) is 150 Å². The minimum Gasteiger partial charge on any atom is -0.468 e. The van der Waals surface area contributed by atoms with Crippen LogP contribution in [0.2, 0.25) is 0 Å². The first kappa shape index (κ1) is 39.2. The van der Waals surface area contributed by atoms with Crippen molar-refractivity contribution in [2.24, 2.45) is 0 Å². The van der Waals surface area contributed by atoms with Crippen molar-refractivity contribution in [1.82, 2.24) is 19.6 Å². The average Bonchev–Trinajstić information content (AvgIpc) is 3.03. The first-order chi connectivity index (χ1) is 20.3. The van der Waals surface area contributed by atoms with E-state index >= 15 is 0 Å². The average molecular weight is 599 g/mol. The Morgan fingerprint density at radius 2 is 0.905 bits per heavy atom. The molecule has 1 saturated heterocycles. The molecule has 0 amide bonds. The molecule has 0 saturated carbocycles. The minimum absolute atomic E-state index is 0.0869. The zero-order valence-corrected chi connectivity index (χ0v) is 26.9. The molecule has 42 heavy (non-hydrogen) atoms. The van der Waals surface area contributed by atoms with Crippen molar-refractivity contribution in [2.75, 3.05) is 106 Å². The van der Waals surface area contributed by atoms with Crippen LogP contribution in [0.5, 0.6) is 0 Å². The number of esters is 4. The van der Waals surface area contributed by atoms with Crippen LogP contribution < -0.4 is 0 Å². The van der Waals surface area contributed by atoms with Crippen molar-refractivity contribution >= 4 is 23.9 Å². The first-order valence-corrected chi connectivity index (χ1v) is 14.9. The molecule has 0 atom stereocenters. The van der Waals surface area contributed by atoms with Crippen LogP contribution in [0.15, 0.2) is 23.8 Å². The maximum atomic E-state index is 12.7. The van der Waals surface area contributed by atoms with E-state index in [2.05, 4.69) is 12.2 Å². The van der Waals surface area contributed by atoms with Gasteiger partial charge in [0.25, 0.3) is 0 Å². The lowest BCUT2D eigenvalue weighted by Crippen LogP contribution is -2.49. The van der Waals surface area contributed by atoms with Crippen molar-refractivity contribution in [2.45, 2.75) is 40.5 Å². The van der Waals surface area contributed by atoms with Gasteiger partial charge in [-0.2, -0.15) is 0 Å². The van der Waals surface area contributed by atoms with Gasteiger partial charge in [0.1, 0.15) is 6.61 Å². The number of ether oxygens (including phenoxy) is 4. The molecule has 1 aliphatic carbocycles. The van der Waals surface area contributed by atoms with Gasteiger partial charge in [0, 0.05) is 52.4 Å². The maximum Gasteiger partial charge on any atom is 0.320 e. The quantitative estimate of drug-likeness (QED) is 0.268. The Kier molecular flexibility index (Phi) is 23.1. The zero-order chi connectivity index (χ0) is 31.8. The van der Waals surface area contributed by atoms with E-state index < -0.39 is 0 Å². The Balaban J connectivity index is 0.00000402. The third-order valence-electron chi connectivity index (χ3n) is 6.50. The van der Waals surface area contributed by atoms with Crippen LogP contribution >= 0.6 is 0 Å². The summed E-state index contributed by atoms with van der Waals surface area (Å²) < 4.78 is 20.1. The molecule has 2 aliphatic rings. The van der Waals surface area contributed by atoms with Crippen LogP contribution in [0.4, 0.5) is 0 Å². The molecule has 1 heterocycles. The number of carbonyl (C=O) groups excluding carboxylic acids is 4. The lowest BCUT2D eigenvalue weighted by molar-refractivity contribution is -0.145. The second-order valence-corrected chi connectivity index (χ2v) is 9.25. The summed E-state index contributed by atoms with van der Waals surface area (Å²) in [4.78, 5) is 56.5. The molecule has 0 unspecified atom stereocenters. The van der Waals surface area contributed by atoms with Crippen molar-refractivity contribution in [3.8, 4) is 0 Å². The summed E-state index contributed by atoms with van der Waals surface area (Å²) in [6.45, 7) is 12.6. The van der Waals surface area contributed by atoms with Gasteiger partial charge in [-0.15, -0.1) is 0 Å². The Labute approximate surface area is 252 Å². The van der Waals surface area contributed by atoms with Crippen LogP contribution in [0, 0.1) is 0 Å². The molecule has 12 nitrogen and oxygen atoms in total. The fourth-order valence-electron chi connectivity index (χ4n) is 4.12. The summed E-state index contributed by atoms with van der Waals surface area (Å²) in [5, 5.41) is 0. The van der Waals surface area contributed by atoms with E-state index in [1.165, 1.54) is 21.3 Å². The summed E-state index contributed by atoms with van der Waals surface area (Å²) in [7, 11) is 4.03. The topological polar surface area (TPSA) is 118 Å². The number of allylic oxidation sites excluding steroid dienone is 2. The number of carbonyl (C=O) groups is 4. The molecule has 2 rings (SSSR count). The molecule has 0 N–H and O–H groups in total. The largest absolute Gasteiger partial charge is 0.468 e. The zero-order valence-electron chi connectivity index (χ0n) is 26.9. The van der Waals surface area contributed by atoms with Crippen molar-refractivity contribution < 1.29 is 38.1 Å². The number of rotatable bonds is 10. The lowest BCUT2D eigenvalue weighted by atomic mass is 10.1. The van der Waals surface area contributed by atoms with Gasteiger partial charge in [-0.25, -0.2) is 0 Å². The van der Waals surface area contributed by atoms with Gasteiger partial charge in [-0.1, -0.05) is 45.9 Å². The Hall–Kier alpha value is -2.80. The van der Waals surface area contributed by atoms with Crippen LogP contribution in [0.1, 0.15) is 40.5 Å². The van der Waals surface area contributed by atoms with Gasteiger partial charge >= 0.3 is 23.9 Å². The molecule has 0 bridgehead atoms. The smallest absolute Gasteiger partial charge is 0.320 e. The van der Waals surface area contributed by atoms with Crippen molar-refractivity contribution in [3.63, 3.8) is 0 Å². The lowest BCUT2D eigenvalue weighted by Gasteiger charge is -2.33. The molecule has 1 fully saturated rings. The van der Waals surface area contributed by atoms with E-state index in [1.54, 1.807) is 0 Å². The SMILES string of the molecule is CC.CC.COC(=O)CN1CCN(CC(=O)OC)CCN(CC(=O)OCC2=CCCC=C2)CCN(CC(=O)OC)CC1. The molecule has 0 radical (unpaired) electrons. The van der Waals surface area contributed by atoms with Gasteiger partial charge in [-0.05, 0) is 18.4 Å². The van der Waals surface area contributed by atoms with Gasteiger partial charge in [-0.3, -0.25) is 38.8 Å². The number of hydrogen-bond donors (Lipinski definition) is 0. The summed E-state index contributed by atoms with van der Waals surface area (Å²) in [5.74, 6) is -1.41. The van der Waals surface area contributed by atoms with Gasteiger partial charge in [0.05, 0.1) is 47.5 Å². The Morgan fingerprint density at radius 3 is 1.19 bits per heavy atom. The standard InChI is InChI=1S/C26H42N4O8.2C2H6/c1-35-23(31)17-27-9-11-28(18-24(32)36-2)13-15-30(16-14-29(12-10-27)19-25(33)37-3)20-26(34)38-21-22-7-5-4-6-8-22;2*1-2/h5,7-8H,4,6,9-21H2,1-3H3;2*1-2H3. The molecule has 0 spiro atoms. The predicted molar refractivity (Wildman–Crippen MR) is 162 cm³/mol.